The maximum atomic E-state index is 3.68. The fourth-order valence-electron chi connectivity index (χ4n) is 3.99. The summed E-state index contributed by atoms with van der Waals surface area (Å²) in [4.78, 5) is 2.59. The molecule has 0 bridgehead atoms. The molecule has 20 heavy (non-hydrogen) atoms. The van der Waals surface area contributed by atoms with E-state index in [4.69, 9.17) is 0 Å². The molecule has 2 nitrogen and oxygen atoms in total. The van der Waals surface area contributed by atoms with Gasteiger partial charge >= 0.3 is 0 Å². The van der Waals surface area contributed by atoms with Crippen molar-refractivity contribution in [2.45, 2.75) is 57.0 Å². The molecule has 1 fully saturated rings. The minimum Gasteiger partial charge on any atom is -0.313 e. The fraction of sp³-hybridized carbons (Fsp3) is 0.667. The van der Waals surface area contributed by atoms with Gasteiger partial charge in [-0.25, -0.2) is 0 Å². The number of hydrogen-bond donors (Lipinski definition) is 1. The maximum Gasteiger partial charge on any atom is 0.0348 e. The van der Waals surface area contributed by atoms with Crippen molar-refractivity contribution in [1.29, 1.82) is 0 Å². The van der Waals surface area contributed by atoms with Crippen LogP contribution >= 0.6 is 0 Å². The Hall–Kier alpha value is -0.860. The number of nitrogens with zero attached hydrogens (tertiary/aromatic N) is 1. The van der Waals surface area contributed by atoms with Crippen molar-refractivity contribution in [3.8, 4) is 0 Å². The quantitative estimate of drug-likeness (QED) is 0.902. The van der Waals surface area contributed by atoms with Crippen molar-refractivity contribution in [2.75, 3.05) is 20.1 Å². The van der Waals surface area contributed by atoms with Crippen LogP contribution in [0.25, 0.3) is 0 Å². The first-order chi connectivity index (χ1) is 9.75. The molecular formula is C18H28N2. The number of hydrogen-bond acceptors (Lipinski definition) is 2. The monoisotopic (exact) mass is 272 g/mol. The highest BCUT2D eigenvalue weighted by Gasteiger charge is 2.28. The van der Waals surface area contributed by atoms with Crippen molar-refractivity contribution >= 4 is 0 Å². The van der Waals surface area contributed by atoms with E-state index in [0.717, 1.165) is 5.92 Å². The van der Waals surface area contributed by atoms with Gasteiger partial charge in [-0.15, -0.1) is 0 Å². The molecule has 2 heteroatoms. The summed E-state index contributed by atoms with van der Waals surface area (Å²) in [6.07, 6.45) is 6.72. The highest BCUT2D eigenvalue weighted by atomic mass is 15.2. The maximum absolute atomic E-state index is 3.68. The summed E-state index contributed by atoms with van der Waals surface area (Å²) >= 11 is 0. The summed E-state index contributed by atoms with van der Waals surface area (Å²) in [6, 6.07) is 10.4. The van der Waals surface area contributed by atoms with Gasteiger partial charge in [0.25, 0.3) is 0 Å². The third-order valence-electron chi connectivity index (χ3n) is 5.21. The van der Waals surface area contributed by atoms with E-state index in [1.54, 1.807) is 11.1 Å². The molecule has 1 N–H and O–H groups in total. The number of fused-ring (bicyclic) bond motifs is 1. The predicted molar refractivity (Wildman–Crippen MR) is 85.1 cm³/mol. The van der Waals surface area contributed by atoms with E-state index >= 15 is 0 Å². The Morgan fingerprint density at radius 3 is 2.65 bits per heavy atom. The van der Waals surface area contributed by atoms with Gasteiger partial charge in [0.1, 0.15) is 0 Å². The van der Waals surface area contributed by atoms with Gasteiger partial charge in [0.15, 0.2) is 0 Å². The first-order valence-electron chi connectivity index (χ1n) is 8.28. The largest absolute Gasteiger partial charge is 0.313 e. The smallest absolute Gasteiger partial charge is 0.0348 e. The normalized spacial score (nSPS) is 30.2. The summed E-state index contributed by atoms with van der Waals surface area (Å²) in [5, 5.41) is 3.68. The lowest BCUT2D eigenvalue weighted by Gasteiger charge is -2.38. The Labute approximate surface area is 123 Å². The van der Waals surface area contributed by atoms with E-state index in [0.29, 0.717) is 12.1 Å². The zero-order valence-corrected chi connectivity index (χ0v) is 12.9. The molecule has 0 spiro atoms. The van der Waals surface area contributed by atoms with Crippen molar-refractivity contribution < 1.29 is 0 Å². The molecule has 1 heterocycles. The molecule has 110 valence electrons. The summed E-state index contributed by atoms with van der Waals surface area (Å²) in [5.41, 5.74) is 3.15. The van der Waals surface area contributed by atoms with Gasteiger partial charge in [-0.3, -0.25) is 4.90 Å². The Balaban J connectivity index is 1.71. The van der Waals surface area contributed by atoms with Crippen molar-refractivity contribution in [3.05, 3.63) is 35.4 Å². The van der Waals surface area contributed by atoms with Gasteiger partial charge in [-0.2, -0.15) is 0 Å². The zero-order chi connectivity index (χ0) is 13.9. The van der Waals surface area contributed by atoms with Crippen molar-refractivity contribution in [3.63, 3.8) is 0 Å². The predicted octanol–water partition coefficient (Wildman–Crippen LogP) is 3.70. The molecular weight excluding hydrogens is 244 g/mol. The average Bonchev–Trinajstić information content (AvgIpc) is 2.49. The van der Waals surface area contributed by atoms with Crippen LogP contribution in [0.4, 0.5) is 0 Å². The van der Waals surface area contributed by atoms with E-state index < -0.39 is 0 Å². The zero-order valence-electron chi connectivity index (χ0n) is 12.9. The summed E-state index contributed by atoms with van der Waals surface area (Å²) in [6.45, 7) is 4.77. The van der Waals surface area contributed by atoms with E-state index in [-0.39, 0.29) is 0 Å². The molecule has 1 aliphatic carbocycles. The molecule has 3 unspecified atom stereocenters. The van der Waals surface area contributed by atoms with E-state index in [9.17, 15) is 0 Å². The van der Waals surface area contributed by atoms with Gasteiger partial charge in [-0.05, 0) is 56.3 Å². The molecule has 3 atom stereocenters. The molecule has 0 saturated carbocycles. The fourth-order valence-corrected chi connectivity index (χ4v) is 3.99. The Bertz CT molecular complexity index is 437. The number of rotatable bonds is 3. The van der Waals surface area contributed by atoms with Crippen LogP contribution in [0.5, 0.6) is 0 Å². The molecule has 3 rings (SSSR count). The van der Waals surface area contributed by atoms with Crippen molar-refractivity contribution in [2.24, 2.45) is 0 Å². The van der Waals surface area contributed by atoms with Gasteiger partial charge < -0.3 is 5.32 Å². The number of piperidine rings is 1. The second kappa shape index (κ2) is 6.28. The minimum atomic E-state index is 0.617. The number of nitrogens with one attached hydrogen (secondary N) is 1. The standard InChI is InChI=1S/C18H28N2/c1-14-10-11-18(17-9-4-3-8-16(14)17)20(2)13-15-7-5-6-12-19-15/h3-4,8-9,14-15,18-19H,5-7,10-13H2,1-2H3. The molecule has 1 aromatic rings. The van der Waals surface area contributed by atoms with Gasteiger partial charge in [0.2, 0.25) is 0 Å². The third-order valence-corrected chi connectivity index (χ3v) is 5.21. The summed E-state index contributed by atoms with van der Waals surface area (Å²) in [5.74, 6) is 0.726. The summed E-state index contributed by atoms with van der Waals surface area (Å²) in [7, 11) is 2.31. The SMILES string of the molecule is CC1CCC(N(C)CC2CCCCN2)c2ccccc21. The lowest BCUT2D eigenvalue weighted by molar-refractivity contribution is 0.183. The molecule has 1 saturated heterocycles. The highest BCUT2D eigenvalue weighted by molar-refractivity contribution is 5.35. The van der Waals surface area contributed by atoms with Gasteiger partial charge in [0.05, 0.1) is 0 Å². The lowest BCUT2D eigenvalue weighted by atomic mass is 9.80. The van der Waals surface area contributed by atoms with Crippen molar-refractivity contribution in [1.82, 2.24) is 10.2 Å². The lowest BCUT2D eigenvalue weighted by Crippen LogP contribution is -2.44. The van der Waals surface area contributed by atoms with Gasteiger partial charge in [0, 0.05) is 18.6 Å². The van der Waals surface area contributed by atoms with Crippen LogP contribution < -0.4 is 5.32 Å². The van der Waals surface area contributed by atoms with Crippen LogP contribution in [-0.4, -0.2) is 31.1 Å². The van der Waals surface area contributed by atoms with Crippen LogP contribution in [0.2, 0.25) is 0 Å². The van der Waals surface area contributed by atoms with Crippen LogP contribution in [-0.2, 0) is 0 Å². The molecule has 2 aliphatic rings. The molecule has 1 aromatic carbocycles. The Morgan fingerprint density at radius 2 is 1.90 bits per heavy atom. The average molecular weight is 272 g/mol. The van der Waals surface area contributed by atoms with Gasteiger partial charge in [-0.1, -0.05) is 37.6 Å². The van der Waals surface area contributed by atoms with E-state index in [1.807, 2.05) is 0 Å². The topological polar surface area (TPSA) is 15.3 Å². The van der Waals surface area contributed by atoms with Crippen LogP contribution in [0.15, 0.2) is 24.3 Å². The van der Waals surface area contributed by atoms with Crippen LogP contribution in [0.3, 0.4) is 0 Å². The second-order valence-corrected chi connectivity index (χ2v) is 6.71. The first kappa shape index (κ1) is 14.1. The van der Waals surface area contributed by atoms with E-state index in [2.05, 4.69) is 48.5 Å². The van der Waals surface area contributed by atoms with Crippen LogP contribution in [0, 0.1) is 0 Å². The molecule has 0 amide bonds. The summed E-state index contributed by atoms with van der Waals surface area (Å²) < 4.78 is 0. The van der Waals surface area contributed by atoms with E-state index in [1.165, 1.54) is 45.2 Å². The molecule has 0 aromatic heterocycles. The van der Waals surface area contributed by atoms with Crippen LogP contribution in [0.1, 0.15) is 62.1 Å². The number of benzene rings is 1. The third kappa shape index (κ3) is 2.91. The highest BCUT2D eigenvalue weighted by Crippen LogP contribution is 2.39. The molecule has 1 aliphatic heterocycles. The minimum absolute atomic E-state index is 0.617. The number of likely N-dealkylation sites (N-methyl/N-ethyl adjacent to an activating group) is 1. The Morgan fingerprint density at radius 1 is 1.10 bits per heavy atom. The Kier molecular flexibility index (Phi) is 4.42. The first-order valence-corrected chi connectivity index (χ1v) is 8.28. The second-order valence-electron chi connectivity index (χ2n) is 6.71. The molecule has 0 radical (unpaired) electrons.